The van der Waals surface area contributed by atoms with Gasteiger partial charge in [0, 0.05) is 11.4 Å². The van der Waals surface area contributed by atoms with Crippen molar-refractivity contribution in [3.05, 3.63) is 54.1 Å². The molecule has 0 radical (unpaired) electrons. The fraction of sp³-hybridized carbons (Fsp3) is 0.286. The minimum Gasteiger partial charge on any atom is -0.497 e. The van der Waals surface area contributed by atoms with Crippen molar-refractivity contribution in [2.24, 2.45) is 0 Å². The van der Waals surface area contributed by atoms with E-state index in [0.717, 1.165) is 5.56 Å². The van der Waals surface area contributed by atoms with Crippen LogP contribution in [0.1, 0.15) is 26.3 Å². The standard InChI is InChI=1S/C21H25N3O4/c1-21(2,3)14-5-7-15(8-6-14)23-18(25)13-22-19(26)20(27)24-16-9-11-17(28-4)12-10-16/h5-12H,13H2,1-4H3,(H,22,26)(H,23,25)(H,24,27). The van der Waals surface area contributed by atoms with Crippen molar-refractivity contribution in [1.82, 2.24) is 5.32 Å². The molecule has 0 heterocycles. The molecule has 0 bridgehead atoms. The van der Waals surface area contributed by atoms with Gasteiger partial charge in [-0.1, -0.05) is 32.9 Å². The SMILES string of the molecule is COc1ccc(NC(=O)C(=O)NCC(=O)Nc2ccc(C(C)(C)C)cc2)cc1. The van der Waals surface area contributed by atoms with Crippen molar-refractivity contribution in [3.63, 3.8) is 0 Å². The van der Waals surface area contributed by atoms with Gasteiger partial charge in [0.2, 0.25) is 5.91 Å². The lowest BCUT2D eigenvalue weighted by molar-refractivity contribution is -0.136. The number of rotatable bonds is 5. The predicted octanol–water partition coefficient (Wildman–Crippen LogP) is 2.69. The van der Waals surface area contributed by atoms with Gasteiger partial charge in [0.25, 0.3) is 0 Å². The average molecular weight is 383 g/mol. The lowest BCUT2D eigenvalue weighted by Crippen LogP contribution is -2.39. The summed E-state index contributed by atoms with van der Waals surface area (Å²) in [6, 6.07) is 14.0. The Kier molecular flexibility index (Phi) is 6.76. The molecule has 2 aromatic carbocycles. The third kappa shape index (κ3) is 6.12. The Bertz CT molecular complexity index is 837. The lowest BCUT2D eigenvalue weighted by atomic mass is 9.87. The van der Waals surface area contributed by atoms with Gasteiger partial charge in [-0.15, -0.1) is 0 Å². The summed E-state index contributed by atoms with van der Waals surface area (Å²) in [5.74, 6) is -1.54. The number of carbonyl (C=O) groups is 3. The lowest BCUT2D eigenvalue weighted by Gasteiger charge is -2.19. The highest BCUT2D eigenvalue weighted by Crippen LogP contribution is 2.23. The Morgan fingerprint density at radius 2 is 1.36 bits per heavy atom. The molecule has 7 nitrogen and oxygen atoms in total. The van der Waals surface area contributed by atoms with Crippen LogP contribution in [0, 0.1) is 0 Å². The maximum Gasteiger partial charge on any atom is 0.313 e. The van der Waals surface area contributed by atoms with Gasteiger partial charge in [-0.3, -0.25) is 14.4 Å². The summed E-state index contributed by atoms with van der Waals surface area (Å²) < 4.78 is 5.02. The Balaban J connectivity index is 1.81. The molecule has 0 saturated carbocycles. The molecule has 0 atom stereocenters. The number of anilines is 2. The molecular formula is C21H25N3O4. The molecule has 0 saturated heterocycles. The summed E-state index contributed by atoms with van der Waals surface area (Å²) in [5.41, 5.74) is 2.24. The Morgan fingerprint density at radius 1 is 0.821 bits per heavy atom. The maximum absolute atomic E-state index is 12.0. The van der Waals surface area contributed by atoms with Crippen molar-refractivity contribution < 1.29 is 19.1 Å². The van der Waals surface area contributed by atoms with Gasteiger partial charge >= 0.3 is 11.8 Å². The molecule has 0 unspecified atom stereocenters. The molecule has 28 heavy (non-hydrogen) atoms. The second kappa shape index (κ2) is 9.03. The van der Waals surface area contributed by atoms with Crippen LogP contribution in [0.25, 0.3) is 0 Å². The molecule has 2 aromatic rings. The van der Waals surface area contributed by atoms with Crippen molar-refractivity contribution in [1.29, 1.82) is 0 Å². The van der Waals surface area contributed by atoms with E-state index in [0.29, 0.717) is 17.1 Å². The number of hydrogen-bond acceptors (Lipinski definition) is 4. The smallest absolute Gasteiger partial charge is 0.313 e. The van der Waals surface area contributed by atoms with Crippen LogP contribution in [0.3, 0.4) is 0 Å². The number of amides is 3. The molecular weight excluding hydrogens is 358 g/mol. The normalized spacial score (nSPS) is 10.7. The fourth-order valence-corrected chi connectivity index (χ4v) is 2.36. The molecule has 3 amide bonds. The third-order valence-corrected chi connectivity index (χ3v) is 4.00. The van der Waals surface area contributed by atoms with Gasteiger partial charge in [0.05, 0.1) is 13.7 Å². The highest BCUT2D eigenvalue weighted by atomic mass is 16.5. The van der Waals surface area contributed by atoms with E-state index in [4.69, 9.17) is 4.74 Å². The zero-order valence-corrected chi connectivity index (χ0v) is 16.5. The van der Waals surface area contributed by atoms with E-state index in [9.17, 15) is 14.4 Å². The first kappa shape index (κ1) is 21.0. The van der Waals surface area contributed by atoms with Crippen molar-refractivity contribution in [2.75, 3.05) is 24.3 Å². The van der Waals surface area contributed by atoms with Crippen LogP contribution in [-0.4, -0.2) is 31.4 Å². The second-order valence-corrected chi connectivity index (χ2v) is 7.24. The number of hydrogen-bond donors (Lipinski definition) is 3. The molecule has 0 aliphatic carbocycles. The number of ether oxygens (including phenoxy) is 1. The van der Waals surface area contributed by atoms with E-state index in [1.807, 2.05) is 12.1 Å². The van der Waals surface area contributed by atoms with E-state index in [1.54, 1.807) is 36.4 Å². The van der Waals surface area contributed by atoms with Crippen molar-refractivity contribution in [3.8, 4) is 5.75 Å². The summed E-state index contributed by atoms with van der Waals surface area (Å²) in [5, 5.41) is 7.42. The van der Waals surface area contributed by atoms with Crippen LogP contribution in [0.5, 0.6) is 5.75 Å². The summed E-state index contributed by atoms with van der Waals surface area (Å²) >= 11 is 0. The number of carbonyl (C=O) groups excluding carboxylic acids is 3. The van der Waals surface area contributed by atoms with Crippen LogP contribution in [0.2, 0.25) is 0 Å². The van der Waals surface area contributed by atoms with Gasteiger partial charge in [-0.2, -0.15) is 0 Å². The summed E-state index contributed by atoms with van der Waals surface area (Å²) in [7, 11) is 1.53. The molecule has 2 rings (SSSR count). The minimum atomic E-state index is -0.894. The topological polar surface area (TPSA) is 96.5 Å². The van der Waals surface area contributed by atoms with Crippen molar-refractivity contribution >= 4 is 29.1 Å². The van der Waals surface area contributed by atoms with Gasteiger partial charge in [-0.05, 0) is 47.4 Å². The molecule has 0 aliphatic rings. The van der Waals surface area contributed by atoms with E-state index < -0.39 is 17.7 Å². The highest BCUT2D eigenvalue weighted by Gasteiger charge is 2.16. The minimum absolute atomic E-state index is 0.0216. The zero-order chi connectivity index (χ0) is 20.7. The first-order valence-electron chi connectivity index (χ1n) is 8.82. The van der Waals surface area contributed by atoms with Crippen molar-refractivity contribution in [2.45, 2.75) is 26.2 Å². The predicted molar refractivity (Wildman–Crippen MR) is 108 cm³/mol. The molecule has 0 aromatic heterocycles. The quantitative estimate of drug-likeness (QED) is 0.692. The van der Waals surface area contributed by atoms with Gasteiger partial charge in [-0.25, -0.2) is 0 Å². The summed E-state index contributed by atoms with van der Waals surface area (Å²) in [4.78, 5) is 35.7. The second-order valence-electron chi connectivity index (χ2n) is 7.24. The fourth-order valence-electron chi connectivity index (χ4n) is 2.36. The van der Waals surface area contributed by atoms with Gasteiger partial charge in [0.1, 0.15) is 5.75 Å². The molecule has 0 fully saturated rings. The highest BCUT2D eigenvalue weighted by molar-refractivity contribution is 6.39. The van der Waals surface area contributed by atoms with Crippen LogP contribution >= 0.6 is 0 Å². The molecule has 3 N–H and O–H groups in total. The largest absolute Gasteiger partial charge is 0.497 e. The number of benzene rings is 2. The summed E-state index contributed by atoms with van der Waals surface area (Å²) in [6.07, 6.45) is 0. The summed E-state index contributed by atoms with van der Waals surface area (Å²) in [6.45, 7) is 6.00. The monoisotopic (exact) mass is 383 g/mol. The zero-order valence-electron chi connectivity index (χ0n) is 16.5. The molecule has 0 aliphatic heterocycles. The van der Waals surface area contributed by atoms with E-state index in [1.165, 1.54) is 7.11 Å². The maximum atomic E-state index is 12.0. The molecule has 148 valence electrons. The molecule has 0 spiro atoms. The van der Waals surface area contributed by atoms with Crippen LogP contribution < -0.4 is 20.7 Å². The van der Waals surface area contributed by atoms with E-state index in [-0.39, 0.29) is 12.0 Å². The van der Waals surface area contributed by atoms with Crippen LogP contribution in [0.4, 0.5) is 11.4 Å². The third-order valence-electron chi connectivity index (χ3n) is 4.00. The number of methoxy groups -OCH3 is 1. The van der Waals surface area contributed by atoms with Gasteiger partial charge < -0.3 is 20.7 Å². The van der Waals surface area contributed by atoms with Gasteiger partial charge in [0.15, 0.2) is 0 Å². The van der Waals surface area contributed by atoms with E-state index in [2.05, 4.69) is 36.7 Å². The Morgan fingerprint density at radius 3 is 1.89 bits per heavy atom. The average Bonchev–Trinajstić information content (AvgIpc) is 2.66. The van der Waals surface area contributed by atoms with E-state index >= 15 is 0 Å². The number of nitrogens with one attached hydrogen (secondary N) is 3. The Labute approximate surface area is 164 Å². The molecule has 7 heteroatoms. The van der Waals surface area contributed by atoms with Crippen LogP contribution in [-0.2, 0) is 19.8 Å². The first-order valence-corrected chi connectivity index (χ1v) is 8.82. The Hall–Kier alpha value is -3.35. The first-order chi connectivity index (χ1) is 13.2. The van der Waals surface area contributed by atoms with Crippen LogP contribution in [0.15, 0.2) is 48.5 Å².